The van der Waals surface area contributed by atoms with Crippen LogP contribution in [-0.4, -0.2) is 76.9 Å². The number of hydrogen-bond donors (Lipinski definition) is 0. The number of pyridine rings is 1. The average Bonchev–Trinajstić information content (AvgIpc) is 3.53. The van der Waals surface area contributed by atoms with Gasteiger partial charge in [0.1, 0.15) is 0 Å². The van der Waals surface area contributed by atoms with Gasteiger partial charge in [-0.15, -0.1) is 0 Å². The second-order valence-electron chi connectivity index (χ2n) is 10.9. The molecule has 0 radical (unpaired) electrons. The summed E-state index contributed by atoms with van der Waals surface area (Å²) in [5.41, 5.74) is 0.708. The number of amides is 3. The lowest BCUT2D eigenvalue weighted by atomic mass is 9.93. The number of nitrogens with zero attached hydrogens (tertiary/aromatic N) is 4. The van der Waals surface area contributed by atoms with Gasteiger partial charge in [0, 0.05) is 56.7 Å². The SMILES string of the molecule is CN(C(=O)Oc1cccnc1)C1CN(C(=O)C2CCN(C(=O)C3(C)CC3)CC2)CC1c1ccc(Cl)c(Cl)c1. The van der Waals surface area contributed by atoms with Crippen molar-refractivity contribution >= 4 is 41.1 Å². The predicted molar refractivity (Wildman–Crippen MR) is 144 cm³/mol. The van der Waals surface area contributed by atoms with Crippen LogP contribution in [0.1, 0.15) is 44.1 Å². The summed E-state index contributed by atoms with van der Waals surface area (Å²) in [5, 5.41) is 0.873. The molecule has 3 heterocycles. The fourth-order valence-electron chi connectivity index (χ4n) is 5.52. The Morgan fingerprint density at radius 2 is 1.79 bits per heavy atom. The van der Waals surface area contributed by atoms with Crippen LogP contribution in [0.2, 0.25) is 10.0 Å². The molecule has 0 N–H and O–H groups in total. The first kappa shape index (κ1) is 26.8. The molecule has 0 spiro atoms. The number of carbonyl (C=O) groups is 3. The third kappa shape index (κ3) is 5.47. The molecule has 2 atom stereocenters. The maximum Gasteiger partial charge on any atom is 0.415 e. The van der Waals surface area contributed by atoms with Gasteiger partial charge in [-0.3, -0.25) is 14.6 Å². The van der Waals surface area contributed by atoms with E-state index >= 15 is 0 Å². The van der Waals surface area contributed by atoms with Crippen LogP contribution in [0, 0.1) is 11.3 Å². The van der Waals surface area contributed by atoms with Crippen LogP contribution in [0.3, 0.4) is 0 Å². The van der Waals surface area contributed by atoms with Crippen molar-refractivity contribution in [1.82, 2.24) is 19.7 Å². The summed E-state index contributed by atoms with van der Waals surface area (Å²) in [6, 6.07) is 8.47. The number of aromatic nitrogens is 1. The Hall–Kier alpha value is -2.84. The smallest absolute Gasteiger partial charge is 0.409 e. The van der Waals surface area contributed by atoms with Crippen LogP contribution in [0.25, 0.3) is 0 Å². The van der Waals surface area contributed by atoms with Gasteiger partial charge in [0.15, 0.2) is 5.75 Å². The fraction of sp³-hybridized carbons (Fsp3) is 0.500. The van der Waals surface area contributed by atoms with E-state index in [2.05, 4.69) is 4.98 Å². The largest absolute Gasteiger partial charge is 0.415 e. The molecule has 3 amide bonds. The second kappa shape index (κ2) is 10.7. The molecule has 1 aromatic carbocycles. The van der Waals surface area contributed by atoms with Crippen LogP contribution in [0.15, 0.2) is 42.7 Å². The molecule has 202 valence electrons. The summed E-state index contributed by atoms with van der Waals surface area (Å²) in [6.45, 7) is 4.06. The van der Waals surface area contributed by atoms with Crippen molar-refractivity contribution in [2.45, 2.75) is 44.6 Å². The van der Waals surface area contributed by atoms with Crippen LogP contribution in [0.5, 0.6) is 5.75 Å². The van der Waals surface area contributed by atoms with Gasteiger partial charge in [-0.1, -0.05) is 36.2 Å². The molecular formula is C28H32Cl2N4O4. The summed E-state index contributed by atoms with van der Waals surface area (Å²) < 4.78 is 5.53. The first-order valence-electron chi connectivity index (χ1n) is 13.0. The first-order chi connectivity index (χ1) is 18.2. The van der Waals surface area contributed by atoms with Crippen molar-refractivity contribution in [2.24, 2.45) is 11.3 Å². The van der Waals surface area contributed by atoms with Crippen molar-refractivity contribution in [1.29, 1.82) is 0 Å². The van der Waals surface area contributed by atoms with Gasteiger partial charge >= 0.3 is 6.09 Å². The lowest BCUT2D eigenvalue weighted by molar-refractivity contribution is -0.142. The Labute approximate surface area is 232 Å². The van der Waals surface area contributed by atoms with Gasteiger partial charge in [-0.25, -0.2) is 4.79 Å². The number of rotatable bonds is 5. The Balaban J connectivity index is 1.30. The van der Waals surface area contributed by atoms with Gasteiger partial charge in [0.05, 0.1) is 22.3 Å². The molecule has 5 rings (SSSR count). The highest BCUT2D eigenvalue weighted by molar-refractivity contribution is 6.42. The highest BCUT2D eigenvalue weighted by atomic mass is 35.5. The van der Waals surface area contributed by atoms with E-state index in [1.54, 1.807) is 42.4 Å². The topological polar surface area (TPSA) is 83.1 Å². The van der Waals surface area contributed by atoms with Crippen molar-refractivity contribution in [3.8, 4) is 5.75 Å². The molecule has 2 unspecified atom stereocenters. The number of benzene rings is 1. The van der Waals surface area contributed by atoms with Crippen LogP contribution >= 0.6 is 23.2 Å². The molecule has 1 saturated carbocycles. The normalized spacial score (nSPS) is 22.7. The highest BCUT2D eigenvalue weighted by Gasteiger charge is 2.48. The number of likely N-dealkylation sites (tertiary alicyclic amines) is 2. The summed E-state index contributed by atoms with van der Waals surface area (Å²) in [4.78, 5) is 48.7. The number of carbonyl (C=O) groups excluding carboxylic acids is 3. The third-order valence-corrected chi connectivity index (χ3v) is 8.98. The fourth-order valence-corrected chi connectivity index (χ4v) is 5.82. The Bertz CT molecular complexity index is 1210. The van der Waals surface area contributed by atoms with Gasteiger partial charge in [0.2, 0.25) is 11.8 Å². The van der Waals surface area contributed by atoms with E-state index in [-0.39, 0.29) is 35.1 Å². The first-order valence-corrected chi connectivity index (χ1v) is 13.8. The monoisotopic (exact) mass is 558 g/mol. The molecule has 10 heteroatoms. The molecular weight excluding hydrogens is 527 g/mol. The molecule has 38 heavy (non-hydrogen) atoms. The minimum Gasteiger partial charge on any atom is -0.409 e. The van der Waals surface area contributed by atoms with E-state index < -0.39 is 6.09 Å². The van der Waals surface area contributed by atoms with Crippen molar-refractivity contribution in [3.05, 3.63) is 58.3 Å². The zero-order chi connectivity index (χ0) is 27.0. The minimum absolute atomic E-state index is 0.0660. The molecule has 3 aliphatic rings. The van der Waals surface area contributed by atoms with Gasteiger partial charge < -0.3 is 19.4 Å². The number of hydrogen-bond acceptors (Lipinski definition) is 5. The molecule has 1 aromatic heterocycles. The molecule has 0 bridgehead atoms. The third-order valence-electron chi connectivity index (χ3n) is 8.25. The number of piperidine rings is 1. The zero-order valence-electron chi connectivity index (χ0n) is 21.6. The summed E-state index contributed by atoms with van der Waals surface area (Å²) in [7, 11) is 1.68. The zero-order valence-corrected chi connectivity index (χ0v) is 23.1. The van der Waals surface area contributed by atoms with Crippen LogP contribution in [0.4, 0.5) is 4.79 Å². The van der Waals surface area contributed by atoms with Gasteiger partial charge in [-0.2, -0.15) is 0 Å². The Morgan fingerprint density at radius 3 is 2.42 bits per heavy atom. The lowest BCUT2D eigenvalue weighted by Gasteiger charge is -2.34. The lowest BCUT2D eigenvalue weighted by Crippen LogP contribution is -2.46. The Morgan fingerprint density at radius 1 is 1.05 bits per heavy atom. The Kier molecular flexibility index (Phi) is 7.56. The summed E-state index contributed by atoms with van der Waals surface area (Å²) >= 11 is 12.5. The predicted octanol–water partition coefficient (Wildman–Crippen LogP) is 4.85. The van der Waals surface area contributed by atoms with E-state index in [0.29, 0.717) is 54.8 Å². The van der Waals surface area contributed by atoms with E-state index in [1.807, 2.05) is 22.8 Å². The quantitative estimate of drug-likeness (QED) is 0.523. The molecule has 2 saturated heterocycles. The van der Waals surface area contributed by atoms with E-state index in [0.717, 1.165) is 18.4 Å². The summed E-state index contributed by atoms with van der Waals surface area (Å²) in [6.07, 6.45) is 5.76. The highest BCUT2D eigenvalue weighted by Crippen LogP contribution is 2.47. The van der Waals surface area contributed by atoms with Crippen molar-refractivity contribution in [2.75, 3.05) is 33.2 Å². The van der Waals surface area contributed by atoms with Crippen molar-refractivity contribution in [3.63, 3.8) is 0 Å². The average molecular weight is 559 g/mol. The molecule has 1 aliphatic carbocycles. The summed E-state index contributed by atoms with van der Waals surface area (Å²) in [5.74, 6) is 0.320. The van der Waals surface area contributed by atoms with E-state index in [9.17, 15) is 14.4 Å². The van der Waals surface area contributed by atoms with E-state index in [1.165, 1.54) is 6.20 Å². The standard InChI is InChI=1S/C28H32Cl2N4O4/c1-28(9-10-28)26(36)33-12-7-18(8-13-33)25(35)34-16-21(19-5-6-22(29)23(30)14-19)24(17-34)32(2)27(37)38-20-4-3-11-31-15-20/h3-6,11,14-15,18,21,24H,7-10,12-13,16-17H2,1-2H3. The van der Waals surface area contributed by atoms with Crippen molar-refractivity contribution < 1.29 is 19.1 Å². The molecule has 3 fully saturated rings. The van der Waals surface area contributed by atoms with Gasteiger partial charge in [0.25, 0.3) is 0 Å². The molecule has 2 aromatic rings. The van der Waals surface area contributed by atoms with Crippen LogP contribution in [-0.2, 0) is 9.59 Å². The number of ether oxygens (including phenoxy) is 1. The minimum atomic E-state index is -0.525. The number of likely N-dealkylation sites (N-methyl/N-ethyl adjacent to an activating group) is 1. The van der Waals surface area contributed by atoms with E-state index in [4.69, 9.17) is 27.9 Å². The maximum atomic E-state index is 13.6. The number of halogens is 2. The molecule has 2 aliphatic heterocycles. The maximum absolute atomic E-state index is 13.6. The van der Waals surface area contributed by atoms with Gasteiger partial charge in [-0.05, 0) is 55.5 Å². The van der Waals surface area contributed by atoms with Crippen LogP contribution < -0.4 is 4.74 Å². The second-order valence-corrected chi connectivity index (χ2v) is 11.7. The molecule has 8 nitrogen and oxygen atoms in total.